The molecule has 3 rings (SSSR count). The highest BCUT2D eigenvalue weighted by Gasteiger charge is 2.13. The number of nitrogens with zero attached hydrogens (tertiary/aromatic N) is 3. The Hall–Kier alpha value is -2.15. The van der Waals surface area contributed by atoms with E-state index in [4.69, 9.17) is 5.73 Å². The third kappa shape index (κ3) is 2.32. The number of nitrogen functional groups attached to an aromatic ring is 1. The Kier molecular flexibility index (Phi) is 3.27. The summed E-state index contributed by atoms with van der Waals surface area (Å²) in [5, 5.41) is 0. The van der Waals surface area contributed by atoms with Gasteiger partial charge < -0.3 is 10.3 Å². The van der Waals surface area contributed by atoms with Crippen LogP contribution in [0, 0.1) is 0 Å². The molecule has 0 amide bonds. The van der Waals surface area contributed by atoms with Crippen LogP contribution in [-0.2, 0) is 13.0 Å². The number of hydrogen-bond donors (Lipinski definition) is 2. The first kappa shape index (κ1) is 12.9. The van der Waals surface area contributed by atoms with E-state index in [9.17, 15) is 4.79 Å². The van der Waals surface area contributed by atoms with Gasteiger partial charge in [-0.25, -0.2) is 4.98 Å². The molecule has 0 spiro atoms. The molecule has 0 radical (unpaired) electrons. The van der Waals surface area contributed by atoms with Crippen molar-refractivity contribution in [1.82, 2.24) is 19.5 Å². The van der Waals surface area contributed by atoms with Crippen molar-refractivity contribution in [3.05, 3.63) is 51.0 Å². The standard InChI is InChI=1S/C13H12BrN5O/c14-12-16-9-10(17-13(15)18-11(9)20)19(12)7-6-8-4-2-1-3-5-8/h1-5H,6-7H2,(H3,15,17,18,20). The molecule has 0 aliphatic rings. The van der Waals surface area contributed by atoms with Crippen LogP contribution in [0.3, 0.4) is 0 Å². The first-order valence-corrected chi connectivity index (χ1v) is 6.90. The van der Waals surface area contributed by atoms with Crippen molar-refractivity contribution in [2.45, 2.75) is 13.0 Å². The highest BCUT2D eigenvalue weighted by atomic mass is 79.9. The van der Waals surface area contributed by atoms with E-state index >= 15 is 0 Å². The van der Waals surface area contributed by atoms with E-state index in [0.717, 1.165) is 6.42 Å². The van der Waals surface area contributed by atoms with E-state index in [1.807, 2.05) is 22.8 Å². The van der Waals surface area contributed by atoms with Crippen molar-refractivity contribution in [2.75, 3.05) is 5.73 Å². The van der Waals surface area contributed by atoms with Gasteiger partial charge in [0.05, 0.1) is 0 Å². The summed E-state index contributed by atoms with van der Waals surface area (Å²) in [5.74, 6) is 0.0934. The molecule has 3 aromatic rings. The second kappa shape index (κ2) is 5.09. The number of hydrogen-bond acceptors (Lipinski definition) is 4. The zero-order valence-corrected chi connectivity index (χ0v) is 12.1. The number of fused-ring (bicyclic) bond motifs is 1. The summed E-state index contributed by atoms with van der Waals surface area (Å²) in [6.07, 6.45) is 0.819. The molecule has 3 N–H and O–H groups in total. The summed E-state index contributed by atoms with van der Waals surface area (Å²) in [5.41, 5.74) is 7.25. The Morgan fingerprint density at radius 3 is 2.75 bits per heavy atom. The normalized spacial score (nSPS) is 11.1. The summed E-state index contributed by atoms with van der Waals surface area (Å²) in [6, 6.07) is 10.1. The molecule has 0 saturated heterocycles. The van der Waals surface area contributed by atoms with E-state index in [-0.39, 0.29) is 11.5 Å². The lowest BCUT2D eigenvalue weighted by Gasteiger charge is -2.05. The van der Waals surface area contributed by atoms with Gasteiger partial charge >= 0.3 is 0 Å². The van der Waals surface area contributed by atoms with Crippen LogP contribution in [0.2, 0.25) is 0 Å². The maximum atomic E-state index is 11.8. The van der Waals surface area contributed by atoms with Crippen LogP contribution < -0.4 is 11.3 Å². The zero-order chi connectivity index (χ0) is 14.1. The third-order valence-corrected chi connectivity index (χ3v) is 3.65. The molecule has 0 saturated carbocycles. The fraction of sp³-hybridized carbons (Fsp3) is 0.154. The summed E-state index contributed by atoms with van der Waals surface area (Å²) in [6.45, 7) is 0.664. The minimum absolute atomic E-state index is 0.0934. The smallest absolute Gasteiger partial charge is 0.280 e. The first-order chi connectivity index (χ1) is 9.65. The maximum Gasteiger partial charge on any atom is 0.280 e. The minimum Gasteiger partial charge on any atom is -0.369 e. The van der Waals surface area contributed by atoms with Crippen molar-refractivity contribution < 1.29 is 0 Å². The quantitative estimate of drug-likeness (QED) is 0.714. The van der Waals surface area contributed by atoms with Gasteiger partial charge in [0.1, 0.15) is 0 Å². The molecule has 0 atom stereocenters. The number of rotatable bonds is 3. The van der Waals surface area contributed by atoms with Gasteiger partial charge in [-0.05, 0) is 27.9 Å². The molecule has 0 aliphatic heterocycles. The van der Waals surface area contributed by atoms with Crippen LogP contribution in [-0.4, -0.2) is 19.5 Å². The maximum absolute atomic E-state index is 11.8. The molecule has 7 heteroatoms. The average Bonchev–Trinajstić information content (AvgIpc) is 2.74. The van der Waals surface area contributed by atoms with Gasteiger partial charge in [-0.3, -0.25) is 9.78 Å². The number of aromatic nitrogens is 4. The summed E-state index contributed by atoms with van der Waals surface area (Å²) in [7, 11) is 0. The topological polar surface area (TPSA) is 89.6 Å². The first-order valence-electron chi connectivity index (χ1n) is 6.10. The van der Waals surface area contributed by atoms with Gasteiger partial charge in [0, 0.05) is 6.54 Å². The Balaban J connectivity index is 1.99. The molecule has 20 heavy (non-hydrogen) atoms. The van der Waals surface area contributed by atoms with Crippen molar-refractivity contribution in [3.8, 4) is 0 Å². The fourth-order valence-corrected chi connectivity index (χ4v) is 2.61. The number of nitrogens with one attached hydrogen (secondary N) is 1. The molecule has 0 bridgehead atoms. The molecular formula is C13H12BrN5O. The van der Waals surface area contributed by atoms with Gasteiger partial charge in [0.2, 0.25) is 5.95 Å². The van der Waals surface area contributed by atoms with E-state index in [1.54, 1.807) is 0 Å². The average molecular weight is 334 g/mol. The Morgan fingerprint density at radius 1 is 1.25 bits per heavy atom. The van der Waals surface area contributed by atoms with Gasteiger partial charge in [0.15, 0.2) is 15.9 Å². The predicted octanol–water partition coefficient (Wildman–Crippen LogP) is 1.71. The summed E-state index contributed by atoms with van der Waals surface area (Å²) < 4.78 is 2.42. The Labute approximate surface area is 122 Å². The molecule has 2 heterocycles. The van der Waals surface area contributed by atoms with Crippen molar-refractivity contribution in [1.29, 1.82) is 0 Å². The number of imidazole rings is 1. The monoisotopic (exact) mass is 333 g/mol. The second-order valence-electron chi connectivity index (χ2n) is 4.39. The van der Waals surface area contributed by atoms with Gasteiger partial charge in [0.25, 0.3) is 5.56 Å². The van der Waals surface area contributed by atoms with Crippen LogP contribution in [0.15, 0.2) is 39.9 Å². The zero-order valence-electron chi connectivity index (χ0n) is 10.5. The lowest BCUT2D eigenvalue weighted by Crippen LogP contribution is -2.12. The highest BCUT2D eigenvalue weighted by Crippen LogP contribution is 2.17. The van der Waals surface area contributed by atoms with Crippen LogP contribution in [0.4, 0.5) is 5.95 Å². The number of aryl methyl sites for hydroxylation is 2. The van der Waals surface area contributed by atoms with Crippen LogP contribution in [0.5, 0.6) is 0 Å². The molecule has 0 fully saturated rings. The minimum atomic E-state index is -0.327. The van der Waals surface area contributed by atoms with Crippen LogP contribution >= 0.6 is 15.9 Å². The van der Waals surface area contributed by atoms with Gasteiger partial charge in [-0.1, -0.05) is 30.3 Å². The number of benzene rings is 1. The van der Waals surface area contributed by atoms with E-state index in [0.29, 0.717) is 22.4 Å². The van der Waals surface area contributed by atoms with Gasteiger partial charge in [-0.15, -0.1) is 0 Å². The third-order valence-electron chi connectivity index (χ3n) is 3.04. The van der Waals surface area contributed by atoms with Crippen molar-refractivity contribution in [3.63, 3.8) is 0 Å². The van der Waals surface area contributed by atoms with Crippen molar-refractivity contribution in [2.24, 2.45) is 0 Å². The lowest BCUT2D eigenvalue weighted by molar-refractivity contribution is 0.694. The molecular weight excluding hydrogens is 322 g/mol. The molecule has 1 aromatic carbocycles. The van der Waals surface area contributed by atoms with Crippen LogP contribution in [0.25, 0.3) is 11.2 Å². The molecule has 6 nitrogen and oxygen atoms in total. The predicted molar refractivity (Wildman–Crippen MR) is 80.4 cm³/mol. The highest BCUT2D eigenvalue weighted by molar-refractivity contribution is 9.10. The Bertz CT molecular complexity index is 809. The second-order valence-corrected chi connectivity index (χ2v) is 5.10. The Morgan fingerprint density at radius 2 is 2.00 bits per heavy atom. The number of aromatic amines is 1. The molecule has 0 unspecified atom stereocenters. The number of anilines is 1. The molecule has 0 aliphatic carbocycles. The molecule has 102 valence electrons. The lowest BCUT2D eigenvalue weighted by atomic mass is 10.1. The van der Waals surface area contributed by atoms with E-state index in [2.05, 4.69) is 43.0 Å². The summed E-state index contributed by atoms with van der Waals surface area (Å²) in [4.78, 5) is 22.6. The SMILES string of the molecule is Nc1nc2c(nc(Br)n2CCc2ccccc2)c(=O)[nH]1. The largest absolute Gasteiger partial charge is 0.369 e. The number of H-pyrrole nitrogens is 1. The fourth-order valence-electron chi connectivity index (χ4n) is 2.08. The van der Waals surface area contributed by atoms with E-state index in [1.165, 1.54) is 5.56 Å². The van der Waals surface area contributed by atoms with Crippen LogP contribution in [0.1, 0.15) is 5.56 Å². The summed E-state index contributed by atoms with van der Waals surface area (Å²) >= 11 is 3.36. The van der Waals surface area contributed by atoms with Crippen molar-refractivity contribution >= 4 is 33.0 Å². The number of nitrogens with two attached hydrogens (primary N) is 1. The molecule has 2 aromatic heterocycles. The van der Waals surface area contributed by atoms with E-state index < -0.39 is 0 Å². The van der Waals surface area contributed by atoms with Gasteiger partial charge in [-0.2, -0.15) is 4.98 Å². The number of halogens is 1.